The lowest BCUT2D eigenvalue weighted by Gasteiger charge is -2.21. The Balaban J connectivity index is 1.86. The highest BCUT2D eigenvalue weighted by Crippen LogP contribution is 2.52. The van der Waals surface area contributed by atoms with E-state index in [2.05, 4.69) is 11.1 Å². The molecule has 0 unspecified atom stereocenters. The summed E-state index contributed by atoms with van der Waals surface area (Å²) in [7, 11) is 1.71. The molecule has 2 aliphatic carbocycles. The number of ether oxygens (including phenoxy) is 1. The molecular weight excluding hydrogens is 186 g/mol. The molecule has 0 aromatic carbocycles. The van der Waals surface area contributed by atoms with Gasteiger partial charge in [-0.3, -0.25) is 4.98 Å². The van der Waals surface area contributed by atoms with Crippen molar-refractivity contribution in [3.8, 4) is 5.75 Å². The first-order valence-corrected chi connectivity index (χ1v) is 5.85. The van der Waals surface area contributed by atoms with E-state index in [0.29, 0.717) is 0 Å². The maximum atomic E-state index is 5.23. The topological polar surface area (TPSA) is 22.1 Å². The third-order valence-electron chi connectivity index (χ3n) is 4.14. The minimum Gasteiger partial charge on any atom is -0.495 e. The molecule has 0 aliphatic heterocycles. The fourth-order valence-corrected chi connectivity index (χ4v) is 3.40. The van der Waals surface area contributed by atoms with Gasteiger partial charge in [-0.05, 0) is 48.6 Å². The summed E-state index contributed by atoms with van der Waals surface area (Å²) in [6, 6.07) is 2.17. The summed E-state index contributed by atoms with van der Waals surface area (Å²) in [6.45, 7) is 0. The molecule has 2 bridgehead atoms. The van der Waals surface area contributed by atoms with Gasteiger partial charge >= 0.3 is 0 Å². The molecule has 0 saturated heterocycles. The second kappa shape index (κ2) is 3.51. The Morgan fingerprint density at radius 3 is 2.87 bits per heavy atom. The molecule has 2 aliphatic rings. The van der Waals surface area contributed by atoms with E-state index >= 15 is 0 Å². The van der Waals surface area contributed by atoms with Crippen molar-refractivity contribution in [3.63, 3.8) is 0 Å². The Morgan fingerprint density at radius 1 is 1.27 bits per heavy atom. The third-order valence-corrected chi connectivity index (χ3v) is 4.14. The number of nitrogens with zero attached hydrogens (tertiary/aromatic N) is 1. The van der Waals surface area contributed by atoms with Crippen molar-refractivity contribution in [2.45, 2.75) is 31.6 Å². The average molecular weight is 203 g/mol. The maximum absolute atomic E-state index is 5.23. The van der Waals surface area contributed by atoms with Crippen LogP contribution in [0.4, 0.5) is 0 Å². The molecule has 1 heterocycles. The van der Waals surface area contributed by atoms with Crippen LogP contribution in [0.15, 0.2) is 18.5 Å². The van der Waals surface area contributed by atoms with E-state index in [1.165, 1.54) is 31.2 Å². The summed E-state index contributed by atoms with van der Waals surface area (Å²) in [5.74, 6) is 3.57. The predicted molar refractivity (Wildman–Crippen MR) is 59.0 cm³/mol. The standard InChI is InChI=1S/C13H17NO/c1-15-12-6-11(7-14-8-12)13-5-9-2-3-10(13)4-9/h6-10,13H,2-5H2,1H3/t9-,10+,13+/m1/s1. The average Bonchev–Trinajstić information content (AvgIpc) is 2.91. The lowest BCUT2D eigenvalue weighted by atomic mass is 9.84. The van der Waals surface area contributed by atoms with Crippen LogP contribution in [0.2, 0.25) is 0 Å². The smallest absolute Gasteiger partial charge is 0.137 e. The molecule has 3 rings (SSSR count). The van der Waals surface area contributed by atoms with Gasteiger partial charge in [-0.15, -0.1) is 0 Å². The normalized spacial score (nSPS) is 33.3. The van der Waals surface area contributed by atoms with Crippen LogP contribution in [0.5, 0.6) is 5.75 Å². The number of aromatic nitrogens is 1. The largest absolute Gasteiger partial charge is 0.495 e. The molecule has 2 saturated carbocycles. The summed E-state index contributed by atoms with van der Waals surface area (Å²) in [5, 5.41) is 0. The Labute approximate surface area is 90.7 Å². The van der Waals surface area contributed by atoms with E-state index in [9.17, 15) is 0 Å². The summed E-state index contributed by atoms with van der Waals surface area (Å²) in [5.41, 5.74) is 1.39. The van der Waals surface area contributed by atoms with Gasteiger partial charge in [-0.25, -0.2) is 0 Å². The zero-order valence-corrected chi connectivity index (χ0v) is 9.15. The molecule has 0 spiro atoms. The number of hydrogen-bond acceptors (Lipinski definition) is 2. The van der Waals surface area contributed by atoms with Crippen LogP contribution in [-0.2, 0) is 0 Å². The quantitative estimate of drug-likeness (QED) is 0.737. The van der Waals surface area contributed by atoms with Crippen molar-refractivity contribution >= 4 is 0 Å². The van der Waals surface area contributed by atoms with E-state index in [0.717, 1.165) is 23.5 Å². The Hall–Kier alpha value is -1.05. The Bertz CT molecular complexity index is 363. The van der Waals surface area contributed by atoms with E-state index in [1.54, 1.807) is 13.3 Å². The second-order valence-corrected chi connectivity index (χ2v) is 4.94. The van der Waals surface area contributed by atoms with Crippen LogP contribution in [0, 0.1) is 11.8 Å². The van der Waals surface area contributed by atoms with Gasteiger partial charge < -0.3 is 4.74 Å². The highest BCUT2D eigenvalue weighted by Gasteiger charge is 2.40. The van der Waals surface area contributed by atoms with Gasteiger partial charge in [0.25, 0.3) is 0 Å². The van der Waals surface area contributed by atoms with Gasteiger partial charge in [0.05, 0.1) is 13.3 Å². The molecule has 2 heteroatoms. The van der Waals surface area contributed by atoms with Crippen LogP contribution in [0.3, 0.4) is 0 Å². The highest BCUT2D eigenvalue weighted by molar-refractivity contribution is 5.28. The summed E-state index contributed by atoms with van der Waals surface area (Å²) < 4.78 is 5.23. The highest BCUT2D eigenvalue weighted by atomic mass is 16.5. The van der Waals surface area contributed by atoms with Crippen molar-refractivity contribution in [1.82, 2.24) is 4.98 Å². The maximum Gasteiger partial charge on any atom is 0.137 e. The molecule has 80 valence electrons. The lowest BCUT2D eigenvalue weighted by molar-refractivity contribution is 0.401. The van der Waals surface area contributed by atoms with Crippen molar-refractivity contribution in [3.05, 3.63) is 24.0 Å². The number of pyridine rings is 1. The van der Waals surface area contributed by atoms with Crippen LogP contribution in [0.25, 0.3) is 0 Å². The SMILES string of the molecule is COc1cncc([C@H]2C[C@@H]3CC[C@H]2C3)c1. The molecule has 1 aromatic rings. The summed E-state index contributed by atoms with van der Waals surface area (Å²) in [4.78, 5) is 4.26. The first-order valence-electron chi connectivity index (χ1n) is 5.85. The van der Waals surface area contributed by atoms with Crippen molar-refractivity contribution in [2.24, 2.45) is 11.8 Å². The molecule has 2 nitrogen and oxygen atoms in total. The fraction of sp³-hybridized carbons (Fsp3) is 0.615. The van der Waals surface area contributed by atoms with Crippen LogP contribution in [-0.4, -0.2) is 12.1 Å². The third kappa shape index (κ3) is 1.52. The molecular formula is C13H17NO. The Kier molecular flexibility index (Phi) is 2.15. The van der Waals surface area contributed by atoms with Gasteiger partial charge in [0, 0.05) is 6.20 Å². The van der Waals surface area contributed by atoms with Gasteiger partial charge in [0.1, 0.15) is 5.75 Å². The number of methoxy groups -OCH3 is 1. The molecule has 2 fully saturated rings. The molecule has 3 atom stereocenters. The number of fused-ring (bicyclic) bond motifs is 2. The van der Waals surface area contributed by atoms with E-state index in [4.69, 9.17) is 4.74 Å². The first kappa shape index (κ1) is 9.20. The first-order chi connectivity index (χ1) is 7.36. The molecule has 0 amide bonds. The second-order valence-electron chi connectivity index (χ2n) is 4.94. The van der Waals surface area contributed by atoms with Crippen LogP contribution >= 0.6 is 0 Å². The van der Waals surface area contributed by atoms with Crippen molar-refractivity contribution < 1.29 is 4.74 Å². The zero-order valence-electron chi connectivity index (χ0n) is 9.15. The van der Waals surface area contributed by atoms with Gasteiger partial charge in [0.15, 0.2) is 0 Å². The van der Waals surface area contributed by atoms with Gasteiger partial charge in [0.2, 0.25) is 0 Å². The minimum atomic E-state index is 0.756. The van der Waals surface area contributed by atoms with Gasteiger partial charge in [-0.2, -0.15) is 0 Å². The molecule has 1 aromatic heterocycles. The lowest BCUT2D eigenvalue weighted by Crippen LogP contribution is -2.08. The van der Waals surface area contributed by atoms with Crippen LogP contribution in [0.1, 0.15) is 37.2 Å². The van der Waals surface area contributed by atoms with Gasteiger partial charge in [-0.1, -0.05) is 6.42 Å². The minimum absolute atomic E-state index is 0.756. The van der Waals surface area contributed by atoms with E-state index in [1.807, 2.05) is 6.20 Å². The number of rotatable bonds is 2. The van der Waals surface area contributed by atoms with Crippen molar-refractivity contribution in [1.29, 1.82) is 0 Å². The zero-order chi connectivity index (χ0) is 10.3. The number of hydrogen-bond donors (Lipinski definition) is 0. The molecule has 15 heavy (non-hydrogen) atoms. The molecule has 0 N–H and O–H groups in total. The van der Waals surface area contributed by atoms with Crippen LogP contribution < -0.4 is 4.74 Å². The van der Waals surface area contributed by atoms with Crippen molar-refractivity contribution in [2.75, 3.05) is 7.11 Å². The van der Waals surface area contributed by atoms with E-state index < -0.39 is 0 Å². The van der Waals surface area contributed by atoms with E-state index in [-0.39, 0.29) is 0 Å². The monoisotopic (exact) mass is 203 g/mol. The summed E-state index contributed by atoms with van der Waals surface area (Å²) in [6.07, 6.45) is 9.51. The fourth-order valence-electron chi connectivity index (χ4n) is 3.40. The predicted octanol–water partition coefficient (Wildman–Crippen LogP) is 2.99. The summed E-state index contributed by atoms with van der Waals surface area (Å²) >= 11 is 0. The Morgan fingerprint density at radius 2 is 2.20 bits per heavy atom. The molecule has 0 radical (unpaired) electrons.